The molecule has 2 nitrogen and oxygen atoms in total. The van der Waals surface area contributed by atoms with E-state index in [1.165, 1.54) is 19.3 Å². The lowest BCUT2D eigenvalue weighted by atomic mass is 9.82. The van der Waals surface area contributed by atoms with Crippen LogP contribution < -0.4 is 5.73 Å². The lowest BCUT2D eigenvalue weighted by Gasteiger charge is -2.26. The molecule has 0 saturated heterocycles. The van der Waals surface area contributed by atoms with Gasteiger partial charge in [-0.15, -0.1) is 0 Å². The molecular formula is C9H19NO. The van der Waals surface area contributed by atoms with E-state index in [0.29, 0.717) is 6.54 Å². The van der Waals surface area contributed by atoms with Crippen molar-refractivity contribution in [3.8, 4) is 0 Å². The van der Waals surface area contributed by atoms with Crippen molar-refractivity contribution in [1.29, 1.82) is 0 Å². The van der Waals surface area contributed by atoms with Gasteiger partial charge in [-0.05, 0) is 30.7 Å². The molecule has 1 saturated carbocycles. The lowest BCUT2D eigenvalue weighted by molar-refractivity contribution is 0.185. The molecule has 0 bridgehead atoms. The number of aliphatic hydroxyl groups excluding tert-OH is 1. The molecule has 1 fully saturated rings. The van der Waals surface area contributed by atoms with E-state index in [1.54, 1.807) is 0 Å². The molecule has 0 aromatic heterocycles. The van der Waals surface area contributed by atoms with E-state index in [4.69, 9.17) is 10.8 Å². The predicted molar refractivity (Wildman–Crippen MR) is 46.2 cm³/mol. The van der Waals surface area contributed by atoms with Crippen LogP contribution in [0.1, 0.15) is 32.6 Å². The van der Waals surface area contributed by atoms with Crippen molar-refractivity contribution in [2.45, 2.75) is 32.6 Å². The summed E-state index contributed by atoms with van der Waals surface area (Å²) in [5.74, 6) is 0.912. The fourth-order valence-corrected chi connectivity index (χ4v) is 1.58. The zero-order valence-electron chi connectivity index (χ0n) is 7.34. The van der Waals surface area contributed by atoms with E-state index in [2.05, 4.69) is 6.92 Å². The SMILES string of the molecule is CC(CN)(CCO)CC1CC1. The minimum absolute atomic E-state index is 0.204. The van der Waals surface area contributed by atoms with Crippen LogP contribution in [0.4, 0.5) is 0 Å². The third-order valence-corrected chi connectivity index (χ3v) is 2.69. The highest BCUT2D eigenvalue weighted by atomic mass is 16.3. The first-order chi connectivity index (χ1) is 5.20. The standard InChI is InChI=1S/C9H19NO/c1-9(7-10,4-5-11)6-8-2-3-8/h8,11H,2-7,10H2,1H3. The molecule has 1 unspecified atom stereocenters. The second-order valence-electron chi connectivity index (χ2n) is 4.14. The van der Waals surface area contributed by atoms with Gasteiger partial charge in [0, 0.05) is 6.61 Å². The first-order valence-corrected chi connectivity index (χ1v) is 4.51. The monoisotopic (exact) mass is 157 g/mol. The molecule has 3 N–H and O–H groups in total. The summed E-state index contributed by atoms with van der Waals surface area (Å²) in [6.45, 7) is 3.17. The number of rotatable bonds is 5. The van der Waals surface area contributed by atoms with Crippen molar-refractivity contribution in [2.75, 3.05) is 13.2 Å². The van der Waals surface area contributed by atoms with Gasteiger partial charge in [-0.2, -0.15) is 0 Å². The smallest absolute Gasteiger partial charge is 0.0436 e. The number of aliphatic hydroxyl groups is 1. The Kier molecular flexibility index (Phi) is 2.90. The van der Waals surface area contributed by atoms with E-state index >= 15 is 0 Å². The van der Waals surface area contributed by atoms with Gasteiger partial charge in [-0.1, -0.05) is 19.8 Å². The van der Waals surface area contributed by atoms with Gasteiger partial charge in [-0.25, -0.2) is 0 Å². The summed E-state index contributed by atoms with van der Waals surface area (Å²) in [6, 6.07) is 0. The fraction of sp³-hybridized carbons (Fsp3) is 1.00. The van der Waals surface area contributed by atoms with E-state index in [1.807, 2.05) is 0 Å². The minimum Gasteiger partial charge on any atom is -0.396 e. The Morgan fingerprint density at radius 1 is 1.55 bits per heavy atom. The highest BCUT2D eigenvalue weighted by Gasteiger charge is 2.31. The Morgan fingerprint density at radius 3 is 2.55 bits per heavy atom. The number of nitrogens with two attached hydrogens (primary N) is 1. The molecule has 0 heterocycles. The van der Waals surface area contributed by atoms with Crippen LogP contribution >= 0.6 is 0 Å². The Hall–Kier alpha value is -0.0800. The molecule has 0 radical (unpaired) electrons. The molecule has 1 rings (SSSR count). The lowest BCUT2D eigenvalue weighted by Crippen LogP contribution is -2.28. The van der Waals surface area contributed by atoms with Crippen LogP contribution in [-0.4, -0.2) is 18.3 Å². The largest absolute Gasteiger partial charge is 0.396 e. The molecule has 1 aliphatic rings. The molecule has 66 valence electrons. The minimum atomic E-state index is 0.204. The maximum absolute atomic E-state index is 8.81. The van der Waals surface area contributed by atoms with Gasteiger partial charge in [0.2, 0.25) is 0 Å². The van der Waals surface area contributed by atoms with Crippen LogP contribution in [0.25, 0.3) is 0 Å². The second kappa shape index (κ2) is 3.55. The third-order valence-electron chi connectivity index (χ3n) is 2.69. The van der Waals surface area contributed by atoms with Gasteiger partial charge in [0.1, 0.15) is 0 Å². The van der Waals surface area contributed by atoms with Crippen LogP contribution in [0.2, 0.25) is 0 Å². The topological polar surface area (TPSA) is 46.2 Å². The van der Waals surface area contributed by atoms with Crippen molar-refractivity contribution in [2.24, 2.45) is 17.1 Å². The summed E-state index contributed by atoms with van der Waals surface area (Å²) in [6.07, 6.45) is 4.83. The van der Waals surface area contributed by atoms with Crippen LogP contribution in [0.15, 0.2) is 0 Å². The summed E-state index contributed by atoms with van der Waals surface area (Å²) < 4.78 is 0. The summed E-state index contributed by atoms with van der Waals surface area (Å²) in [5.41, 5.74) is 5.86. The average Bonchev–Trinajstić information content (AvgIpc) is 2.73. The first kappa shape index (κ1) is 9.01. The van der Waals surface area contributed by atoms with Gasteiger partial charge in [0.15, 0.2) is 0 Å². The number of hydrogen-bond acceptors (Lipinski definition) is 2. The summed E-state index contributed by atoms with van der Waals surface area (Å²) in [4.78, 5) is 0. The van der Waals surface area contributed by atoms with Gasteiger partial charge >= 0.3 is 0 Å². The maximum Gasteiger partial charge on any atom is 0.0436 e. The van der Waals surface area contributed by atoms with E-state index in [-0.39, 0.29) is 12.0 Å². The molecule has 0 amide bonds. The van der Waals surface area contributed by atoms with Gasteiger partial charge in [-0.3, -0.25) is 0 Å². The van der Waals surface area contributed by atoms with E-state index < -0.39 is 0 Å². The normalized spacial score (nSPS) is 23.2. The molecule has 2 heteroatoms. The Morgan fingerprint density at radius 2 is 2.18 bits per heavy atom. The zero-order valence-corrected chi connectivity index (χ0v) is 7.34. The highest BCUT2D eigenvalue weighted by molar-refractivity contribution is 4.84. The molecule has 1 atom stereocenters. The summed E-state index contributed by atoms with van der Waals surface area (Å²) in [5, 5.41) is 8.81. The Bertz CT molecular complexity index is 123. The number of hydrogen-bond donors (Lipinski definition) is 2. The third kappa shape index (κ3) is 2.80. The molecule has 0 aliphatic heterocycles. The van der Waals surface area contributed by atoms with Crippen molar-refractivity contribution in [3.05, 3.63) is 0 Å². The first-order valence-electron chi connectivity index (χ1n) is 4.51. The quantitative estimate of drug-likeness (QED) is 0.628. The molecule has 0 aromatic rings. The fourth-order valence-electron chi connectivity index (χ4n) is 1.58. The predicted octanol–water partition coefficient (Wildman–Crippen LogP) is 1.13. The average molecular weight is 157 g/mol. The van der Waals surface area contributed by atoms with Crippen molar-refractivity contribution in [3.63, 3.8) is 0 Å². The van der Waals surface area contributed by atoms with E-state index in [9.17, 15) is 0 Å². The molecular weight excluding hydrogens is 138 g/mol. The maximum atomic E-state index is 8.81. The van der Waals surface area contributed by atoms with Crippen LogP contribution in [-0.2, 0) is 0 Å². The van der Waals surface area contributed by atoms with Crippen LogP contribution in [0, 0.1) is 11.3 Å². The molecule has 11 heavy (non-hydrogen) atoms. The summed E-state index contributed by atoms with van der Waals surface area (Å²) >= 11 is 0. The van der Waals surface area contributed by atoms with Crippen molar-refractivity contribution < 1.29 is 5.11 Å². The molecule has 0 spiro atoms. The molecule has 0 aromatic carbocycles. The van der Waals surface area contributed by atoms with Crippen LogP contribution in [0.5, 0.6) is 0 Å². The van der Waals surface area contributed by atoms with Crippen LogP contribution in [0.3, 0.4) is 0 Å². The molecule has 1 aliphatic carbocycles. The van der Waals surface area contributed by atoms with Crippen molar-refractivity contribution in [1.82, 2.24) is 0 Å². The second-order valence-corrected chi connectivity index (χ2v) is 4.14. The Balaban J connectivity index is 2.29. The summed E-state index contributed by atoms with van der Waals surface area (Å²) in [7, 11) is 0. The van der Waals surface area contributed by atoms with E-state index in [0.717, 1.165) is 12.3 Å². The van der Waals surface area contributed by atoms with Crippen molar-refractivity contribution >= 4 is 0 Å². The van der Waals surface area contributed by atoms with Gasteiger partial charge < -0.3 is 10.8 Å². The zero-order chi connectivity index (χ0) is 8.32. The van der Waals surface area contributed by atoms with Gasteiger partial charge in [0.25, 0.3) is 0 Å². The Labute approximate surface area is 68.8 Å². The highest BCUT2D eigenvalue weighted by Crippen LogP contribution is 2.41. The van der Waals surface area contributed by atoms with Gasteiger partial charge in [0.05, 0.1) is 0 Å².